The van der Waals surface area contributed by atoms with Gasteiger partial charge in [0.2, 0.25) is 0 Å². The lowest BCUT2D eigenvalue weighted by Gasteiger charge is -2.07. The minimum atomic E-state index is -0.444. The van der Waals surface area contributed by atoms with E-state index in [0.29, 0.717) is 12.1 Å². The Balaban J connectivity index is 1.98. The smallest absolute Gasteiger partial charge is 0.251 e. The molecule has 0 unspecified atom stereocenters. The number of thiol groups is 1. The summed E-state index contributed by atoms with van der Waals surface area (Å²) in [4.78, 5) is 12.1. The molecule has 0 bridgehead atoms. The number of hydrogen-bond acceptors (Lipinski definition) is 3. The molecule has 0 aromatic heterocycles. The highest BCUT2D eigenvalue weighted by Gasteiger charge is 2.07. The number of amides is 1. The topological polar surface area (TPSA) is 38.3 Å². The van der Waals surface area contributed by atoms with Crippen molar-refractivity contribution in [2.45, 2.75) is 11.4 Å². The van der Waals surface area contributed by atoms with Crippen LogP contribution in [0.15, 0.2) is 47.4 Å². The molecule has 0 heterocycles. The van der Waals surface area contributed by atoms with Crippen molar-refractivity contribution in [3.8, 4) is 5.75 Å². The summed E-state index contributed by atoms with van der Waals surface area (Å²) in [5, 5.41) is 2.76. The van der Waals surface area contributed by atoms with Crippen LogP contribution in [0.5, 0.6) is 5.75 Å². The van der Waals surface area contributed by atoms with Gasteiger partial charge in [-0.05, 0) is 35.9 Å². The molecular weight excluding hydrogens is 277 g/mol. The van der Waals surface area contributed by atoms with Gasteiger partial charge < -0.3 is 10.1 Å². The third kappa shape index (κ3) is 3.51. The van der Waals surface area contributed by atoms with Gasteiger partial charge in [0.25, 0.3) is 5.91 Å². The van der Waals surface area contributed by atoms with Crippen LogP contribution in [0.1, 0.15) is 15.9 Å². The van der Waals surface area contributed by atoms with Gasteiger partial charge >= 0.3 is 0 Å². The van der Waals surface area contributed by atoms with Crippen LogP contribution in [0.4, 0.5) is 4.39 Å². The van der Waals surface area contributed by atoms with Gasteiger partial charge in [-0.1, -0.05) is 12.1 Å². The van der Waals surface area contributed by atoms with Gasteiger partial charge in [-0.3, -0.25) is 4.79 Å². The maximum absolute atomic E-state index is 13.1. The molecule has 0 saturated heterocycles. The summed E-state index contributed by atoms with van der Waals surface area (Å²) in [5.74, 6) is 0.0504. The Hall–Kier alpha value is -2.01. The molecule has 2 rings (SSSR count). The van der Waals surface area contributed by atoms with Crippen molar-refractivity contribution in [2.75, 3.05) is 7.11 Å². The number of benzene rings is 2. The average Bonchev–Trinajstić information content (AvgIpc) is 2.48. The number of carbonyl (C=O) groups is 1. The zero-order valence-electron chi connectivity index (χ0n) is 10.9. The molecule has 5 heteroatoms. The summed E-state index contributed by atoms with van der Waals surface area (Å²) in [6.45, 7) is 0.391. The summed E-state index contributed by atoms with van der Waals surface area (Å²) >= 11 is 3.95. The highest BCUT2D eigenvalue weighted by molar-refractivity contribution is 7.80. The van der Waals surface area contributed by atoms with Crippen molar-refractivity contribution in [1.82, 2.24) is 5.32 Å². The Bertz CT molecular complexity index is 614. The fourth-order valence-corrected chi connectivity index (χ4v) is 1.90. The van der Waals surface area contributed by atoms with Crippen molar-refractivity contribution in [3.05, 3.63) is 59.4 Å². The molecule has 3 nitrogen and oxygen atoms in total. The Labute approximate surface area is 122 Å². The molecule has 0 aliphatic heterocycles. The largest absolute Gasteiger partial charge is 0.497 e. The monoisotopic (exact) mass is 291 g/mol. The van der Waals surface area contributed by atoms with Crippen molar-refractivity contribution in [1.29, 1.82) is 0 Å². The average molecular weight is 291 g/mol. The van der Waals surface area contributed by atoms with Crippen molar-refractivity contribution >= 4 is 18.5 Å². The molecule has 0 atom stereocenters. The Kier molecular flexibility index (Phi) is 4.63. The maximum atomic E-state index is 13.1. The molecular formula is C15H14FNO2S. The first-order valence-corrected chi connectivity index (χ1v) is 6.44. The van der Waals surface area contributed by atoms with Gasteiger partial charge in [0.05, 0.1) is 7.11 Å². The SMILES string of the molecule is COc1ccc(CNC(=O)c2ccc(F)c(S)c2)cc1. The predicted molar refractivity (Wildman–Crippen MR) is 77.8 cm³/mol. The van der Waals surface area contributed by atoms with Crippen LogP contribution in [0.25, 0.3) is 0 Å². The summed E-state index contributed by atoms with van der Waals surface area (Å²) in [5.41, 5.74) is 1.33. The van der Waals surface area contributed by atoms with Crippen molar-refractivity contribution in [3.63, 3.8) is 0 Å². The second-order valence-corrected chi connectivity index (χ2v) is 4.68. The second-order valence-electron chi connectivity index (χ2n) is 4.20. The molecule has 0 aliphatic carbocycles. The van der Waals surface area contributed by atoms with E-state index in [1.807, 2.05) is 24.3 Å². The van der Waals surface area contributed by atoms with Gasteiger partial charge in [-0.25, -0.2) is 4.39 Å². The quantitative estimate of drug-likeness (QED) is 0.850. The summed E-state index contributed by atoms with van der Waals surface area (Å²) in [7, 11) is 1.60. The van der Waals surface area contributed by atoms with Crippen LogP contribution >= 0.6 is 12.6 Å². The molecule has 0 radical (unpaired) electrons. The molecule has 20 heavy (non-hydrogen) atoms. The van der Waals surface area contributed by atoms with Gasteiger partial charge in [0, 0.05) is 17.0 Å². The fraction of sp³-hybridized carbons (Fsp3) is 0.133. The summed E-state index contributed by atoms with van der Waals surface area (Å²) in [6, 6.07) is 11.4. The van der Waals surface area contributed by atoms with Crippen LogP contribution in [-0.2, 0) is 6.54 Å². The highest BCUT2D eigenvalue weighted by Crippen LogP contribution is 2.15. The predicted octanol–water partition coefficient (Wildman–Crippen LogP) is 3.05. The van der Waals surface area contributed by atoms with Gasteiger partial charge in [0.15, 0.2) is 0 Å². The van der Waals surface area contributed by atoms with E-state index < -0.39 is 5.82 Å². The third-order valence-electron chi connectivity index (χ3n) is 2.82. The second kappa shape index (κ2) is 6.43. The molecule has 2 aromatic carbocycles. The van der Waals surface area contributed by atoms with E-state index in [2.05, 4.69) is 17.9 Å². The summed E-state index contributed by atoms with van der Waals surface area (Å²) in [6.07, 6.45) is 0. The zero-order chi connectivity index (χ0) is 14.5. The van der Waals surface area contributed by atoms with Crippen LogP contribution in [-0.4, -0.2) is 13.0 Å². The molecule has 0 spiro atoms. The fourth-order valence-electron chi connectivity index (χ4n) is 1.68. The number of hydrogen-bond donors (Lipinski definition) is 2. The molecule has 0 saturated carbocycles. The van der Waals surface area contributed by atoms with E-state index >= 15 is 0 Å². The molecule has 1 N–H and O–H groups in total. The van der Waals surface area contributed by atoms with E-state index in [-0.39, 0.29) is 10.8 Å². The lowest BCUT2D eigenvalue weighted by molar-refractivity contribution is 0.0950. The van der Waals surface area contributed by atoms with E-state index in [9.17, 15) is 9.18 Å². The molecule has 0 aliphatic rings. The van der Waals surface area contributed by atoms with Gasteiger partial charge in [-0.15, -0.1) is 12.6 Å². The van der Waals surface area contributed by atoms with Crippen LogP contribution in [0.3, 0.4) is 0 Å². The van der Waals surface area contributed by atoms with E-state index in [0.717, 1.165) is 11.3 Å². The highest BCUT2D eigenvalue weighted by atomic mass is 32.1. The number of halogens is 1. The lowest BCUT2D eigenvalue weighted by Crippen LogP contribution is -2.22. The Morgan fingerprint density at radius 2 is 1.95 bits per heavy atom. The molecule has 104 valence electrons. The van der Waals surface area contributed by atoms with E-state index in [4.69, 9.17) is 4.74 Å². The number of rotatable bonds is 4. The van der Waals surface area contributed by atoms with Crippen molar-refractivity contribution < 1.29 is 13.9 Å². The Morgan fingerprint density at radius 3 is 2.55 bits per heavy atom. The molecule has 1 amide bonds. The lowest BCUT2D eigenvalue weighted by atomic mass is 10.2. The minimum Gasteiger partial charge on any atom is -0.497 e. The summed E-state index contributed by atoms with van der Waals surface area (Å²) < 4.78 is 18.1. The minimum absolute atomic E-state index is 0.155. The normalized spacial score (nSPS) is 10.2. The van der Waals surface area contributed by atoms with Gasteiger partial charge in [0.1, 0.15) is 11.6 Å². The third-order valence-corrected chi connectivity index (χ3v) is 3.16. The zero-order valence-corrected chi connectivity index (χ0v) is 11.8. The standard InChI is InChI=1S/C15H14FNO2S/c1-19-12-5-2-10(3-6-12)9-17-15(18)11-4-7-13(16)14(20)8-11/h2-8,20H,9H2,1H3,(H,17,18). The molecule has 2 aromatic rings. The number of methoxy groups -OCH3 is 1. The van der Waals surface area contributed by atoms with Crippen LogP contribution < -0.4 is 10.1 Å². The van der Waals surface area contributed by atoms with E-state index in [1.54, 1.807) is 7.11 Å². The first-order chi connectivity index (χ1) is 9.60. The Morgan fingerprint density at radius 1 is 1.25 bits per heavy atom. The van der Waals surface area contributed by atoms with Gasteiger partial charge in [-0.2, -0.15) is 0 Å². The van der Waals surface area contributed by atoms with Crippen LogP contribution in [0.2, 0.25) is 0 Å². The van der Waals surface area contributed by atoms with Crippen molar-refractivity contribution in [2.24, 2.45) is 0 Å². The number of nitrogens with one attached hydrogen (secondary N) is 1. The maximum Gasteiger partial charge on any atom is 0.251 e. The molecule has 0 fully saturated rings. The number of carbonyl (C=O) groups excluding carboxylic acids is 1. The first-order valence-electron chi connectivity index (χ1n) is 6.00. The van der Waals surface area contributed by atoms with Crippen LogP contribution in [0, 0.1) is 5.82 Å². The first kappa shape index (κ1) is 14.4. The number of ether oxygens (including phenoxy) is 1. The van der Waals surface area contributed by atoms with E-state index in [1.165, 1.54) is 18.2 Å².